The molecule has 0 N–H and O–H groups in total. The van der Waals surface area contributed by atoms with E-state index in [1.54, 1.807) is 11.3 Å². The number of alkyl halides is 1. The Kier molecular flexibility index (Phi) is 3.75. The Labute approximate surface area is 101 Å². The van der Waals surface area contributed by atoms with Crippen molar-refractivity contribution in [3.8, 4) is 0 Å². The largest absolute Gasteiger partial charge is 0.284 e. The van der Waals surface area contributed by atoms with E-state index >= 15 is 0 Å². The lowest BCUT2D eigenvalue weighted by atomic mass is 10.6. The third kappa shape index (κ3) is 1.62. The number of thiazole rings is 1. The molecule has 6 heteroatoms. The van der Waals surface area contributed by atoms with E-state index in [2.05, 4.69) is 36.8 Å². The molecule has 2 heterocycles. The van der Waals surface area contributed by atoms with E-state index in [0.29, 0.717) is 0 Å². The second-order valence-corrected chi connectivity index (χ2v) is 4.22. The third-order valence-electron chi connectivity index (χ3n) is 1.40. The molecule has 2 aromatic heterocycles. The molecule has 0 unspecified atom stereocenters. The maximum atomic E-state index is 4.38. The van der Waals surface area contributed by atoms with E-state index < -0.39 is 0 Å². The van der Waals surface area contributed by atoms with E-state index in [9.17, 15) is 0 Å². The molecule has 0 aliphatic rings. The fourth-order valence-electron chi connectivity index (χ4n) is 0.888. The molecule has 0 saturated carbocycles. The first kappa shape index (κ1) is 10.7. The monoisotopic (exact) mass is 374 g/mol. The van der Waals surface area contributed by atoms with Gasteiger partial charge in [-0.2, -0.15) is 0 Å². The smallest absolute Gasteiger partial charge is 0.194 e. The molecule has 0 aliphatic heterocycles. The maximum absolute atomic E-state index is 4.38. The van der Waals surface area contributed by atoms with Crippen molar-refractivity contribution in [1.29, 1.82) is 0 Å². The molecule has 0 radical (unpaired) electrons. The summed E-state index contributed by atoms with van der Waals surface area (Å²) in [5, 5.41) is 2.81. The minimum Gasteiger partial charge on any atom is -0.284 e. The highest BCUT2D eigenvalue weighted by Crippen LogP contribution is 2.23. The second kappa shape index (κ2) is 4.21. The molecule has 0 atom stereocenters. The third-order valence-corrected chi connectivity index (χ3v) is 3.52. The summed E-state index contributed by atoms with van der Waals surface area (Å²) in [6.45, 7) is 0. The lowest BCUT2D eigenvalue weighted by molar-refractivity contribution is 1.17. The molecule has 2 aromatic rings. The van der Waals surface area contributed by atoms with Gasteiger partial charge in [0.25, 0.3) is 0 Å². The molecule has 0 saturated heterocycles. The molecular weight excluding hydrogens is 372 g/mol. The Morgan fingerprint density at radius 2 is 2.33 bits per heavy atom. The second-order valence-electron chi connectivity index (χ2n) is 2.04. The van der Waals surface area contributed by atoms with Crippen LogP contribution >= 0.6 is 60.2 Å². The Balaban J connectivity index is 0.000000720. The topological polar surface area (TPSA) is 17.3 Å². The van der Waals surface area contributed by atoms with E-state index in [4.69, 9.17) is 0 Å². The first-order chi connectivity index (χ1) is 5.33. The molecule has 0 spiro atoms. The summed E-state index contributed by atoms with van der Waals surface area (Å²) in [4.78, 5) is 5.41. The highest BCUT2D eigenvalue weighted by Gasteiger charge is 2.07. The fraction of sp³-hybridized carbons (Fsp3) is 0.167. The Morgan fingerprint density at radius 1 is 1.58 bits per heavy atom. The number of hydrogen-bond acceptors (Lipinski definition) is 2. The number of hydrogen-bond donors (Lipinski definition) is 0. The molecule has 0 aliphatic carbocycles. The lowest BCUT2D eigenvalue weighted by Gasteiger charge is -1.87. The number of nitrogens with zero attached hydrogens (tertiary/aromatic N) is 2. The number of aromatic nitrogens is 2. The summed E-state index contributed by atoms with van der Waals surface area (Å²) in [6.07, 6.45) is 2.00. The fourth-order valence-corrected chi connectivity index (χ4v) is 3.02. The van der Waals surface area contributed by atoms with E-state index in [1.807, 2.05) is 16.0 Å². The quantitative estimate of drug-likeness (QED) is 0.695. The molecule has 66 valence electrons. The normalized spacial score (nSPS) is 10.2. The molecule has 12 heavy (non-hydrogen) atoms. The highest BCUT2D eigenvalue weighted by molar-refractivity contribution is 9.10. The summed E-state index contributed by atoms with van der Waals surface area (Å²) >= 11 is 8.48. The zero-order valence-electron chi connectivity index (χ0n) is 5.83. The summed E-state index contributed by atoms with van der Waals surface area (Å²) < 4.78 is 3.08. The number of fused-ring (bicyclic) bond motifs is 1. The summed E-state index contributed by atoms with van der Waals surface area (Å²) in [7, 11) is 0. The van der Waals surface area contributed by atoms with Crippen molar-refractivity contribution < 1.29 is 0 Å². The number of rotatable bonds is 1. The first-order valence-electron chi connectivity index (χ1n) is 2.99. The van der Waals surface area contributed by atoms with Crippen LogP contribution < -0.4 is 0 Å². The summed E-state index contributed by atoms with van der Waals surface area (Å²) in [5.41, 5.74) is 1.05. The van der Waals surface area contributed by atoms with Crippen LogP contribution in [0.3, 0.4) is 0 Å². The van der Waals surface area contributed by atoms with E-state index in [0.717, 1.165) is 20.6 Å². The van der Waals surface area contributed by atoms with Crippen LogP contribution in [0.5, 0.6) is 0 Å². The summed E-state index contributed by atoms with van der Waals surface area (Å²) in [6, 6.07) is 0. The molecule has 2 nitrogen and oxygen atoms in total. The number of imidazole rings is 1. The predicted molar refractivity (Wildman–Crippen MR) is 63.7 cm³/mol. The van der Waals surface area contributed by atoms with E-state index in [1.165, 1.54) is 0 Å². The van der Waals surface area contributed by atoms with Gasteiger partial charge in [-0.15, -0.1) is 28.3 Å². The van der Waals surface area contributed by atoms with Gasteiger partial charge in [0, 0.05) is 16.9 Å². The van der Waals surface area contributed by atoms with Gasteiger partial charge in [-0.05, 0) is 15.9 Å². The SMILES string of the molecule is Br.BrCc1nc2sccn2c1Br. The Hall–Kier alpha value is 0.610. The van der Waals surface area contributed by atoms with Crippen molar-refractivity contribution in [1.82, 2.24) is 9.38 Å². The van der Waals surface area contributed by atoms with Crippen molar-refractivity contribution in [3.63, 3.8) is 0 Å². The maximum Gasteiger partial charge on any atom is 0.194 e. The van der Waals surface area contributed by atoms with Gasteiger partial charge in [0.05, 0.1) is 5.69 Å². The van der Waals surface area contributed by atoms with Crippen molar-refractivity contribution in [3.05, 3.63) is 21.9 Å². The van der Waals surface area contributed by atoms with Gasteiger partial charge < -0.3 is 0 Å². The molecule has 2 rings (SSSR count). The van der Waals surface area contributed by atoms with Crippen LogP contribution in [-0.2, 0) is 5.33 Å². The van der Waals surface area contributed by atoms with Gasteiger partial charge in [-0.1, -0.05) is 15.9 Å². The zero-order valence-corrected chi connectivity index (χ0v) is 11.5. The lowest BCUT2D eigenvalue weighted by Crippen LogP contribution is -1.78. The van der Waals surface area contributed by atoms with Gasteiger partial charge in [0.1, 0.15) is 4.60 Å². The first-order valence-corrected chi connectivity index (χ1v) is 5.78. The van der Waals surface area contributed by atoms with Crippen molar-refractivity contribution in [2.24, 2.45) is 0 Å². The standard InChI is InChI=1S/C6H4Br2N2S.BrH/c7-3-4-5(8)10-1-2-11-6(10)9-4;/h1-2H,3H2;1H. The highest BCUT2D eigenvalue weighted by atomic mass is 79.9. The molecule has 0 aromatic carbocycles. The zero-order chi connectivity index (χ0) is 7.84. The molecule has 0 bridgehead atoms. The van der Waals surface area contributed by atoms with Gasteiger partial charge in [0.2, 0.25) is 0 Å². The molecule has 0 amide bonds. The van der Waals surface area contributed by atoms with Crippen LogP contribution in [0.25, 0.3) is 4.96 Å². The minimum absolute atomic E-state index is 0. The van der Waals surface area contributed by atoms with Gasteiger partial charge in [-0.3, -0.25) is 4.40 Å². The van der Waals surface area contributed by atoms with Crippen molar-refractivity contribution in [2.75, 3.05) is 0 Å². The van der Waals surface area contributed by atoms with Crippen molar-refractivity contribution in [2.45, 2.75) is 5.33 Å². The van der Waals surface area contributed by atoms with Crippen LogP contribution in [0.15, 0.2) is 16.2 Å². The Bertz CT molecular complexity index is 381. The average Bonchev–Trinajstić information content (AvgIpc) is 2.53. The Morgan fingerprint density at radius 3 is 2.92 bits per heavy atom. The molecule has 0 fully saturated rings. The summed E-state index contributed by atoms with van der Waals surface area (Å²) in [5.74, 6) is 0. The van der Waals surface area contributed by atoms with Crippen LogP contribution in [0.1, 0.15) is 5.69 Å². The van der Waals surface area contributed by atoms with Gasteiger partial charge in [-0.25, -0.2) is 4.98 Å². The van der Waals surface area contributed by atoms with Crippen LogP contribution in [0.2, 0.25) is 0 Å². The van der Waals surface area contributed by atoms with E-state index in [-0.39, 0.29) is 17.0 Å². The minimum atomic E-state index is 0. The van der Waals surface area contributed by atoms with Crippen molar-refractivity contribution >= 4 is 65.1 Å². The number of halogens is 3. The average molecular weight is 377 g/mol. The molecular formula is C6H5Br3N2S. The van der Waals surface area contributed by atoms with Crippen LogP contribution in [0, 0.1) is 0 Å². The predicted octanol–water partition coefficient (Wildman–Crippen LogP) is 3.63. The van der Waals surface area contributed by atoms with Gasteiger partial charge >= 0.3 is 0 Å². The van der Waals surface area contributed by atoms with Crippen LogP contribution in [0.4, 0.5) is 0 Å². The van der Waals surface area contributed by atoms with Gasteiger partial charge in [0.15, 0.2) is 4.96 Å². The van der Waals surface area contributed by atoms with Crippen LogP contribution in [-0.4, -0.2) is 9.38 Å².